The number of allylic oxidation sites excluding steroid dienone is 5. The van der Waals surface area contributed by atoms with Crippen molar-refractivity contribution in [2.24, 2.45) is 0 Å². The number of hydrogen-bond acceptors (Lipinski definition) is 4. The average Bonchev–Trinajstić information content (AvgIpc) is 3.60. The summed E-state index contributed by atoms with van der Waals surface area (Å²) in [7, 11) is 0. The van der Waals surface area contributed by atoms with Crippen LogP contribution in [0, 0.1) is 13.8 Å². The van der Waals surface area contributed by atoms with Gasteiger partial charge < -0.3 is 19.8 Å². The fourth-order valence-corrected chi connectivity index (χ4v) is 8.34. The van der Waals surface area contributed by atoms with Crippen molar-refractivity contribution in [3.63, 3.8) is 0 Å². The molecule has 0 fully saturated rings. The molecule has 8 heteroatoms. The molecule has 0 saturated carbocycles. The van der Waals surface area contributed by atoms with Crippen LogP contribution in [0.15, 0.2) is 52.9 Å². The van der Waals surface area contributed by atoms with E-state index in [4.69, 9.17) is 0 Å². The maximum Gasteiger partial charge on any atom is 0.553 e. The van der Waals surface area contributed by atoms with Gasteiger partial charge in [-0.05, 0) is 70.6 Å². The number of nitrogens with zero attached hydrogens (tertiary/aromatic N) is 4. The van der Waals surface area contributed by atoms with Gasteiger partial charge in [-0.25, -0.2) is 0 Å². The highest BCUT2D eigenvalue weighted by atomic mass is 16.4. The smallest absolute Gasteiger partial charge is 0.550 e. The fourth-order valence-electron chi connectivity index (χ4n) is 8.34. The Balaban J connectivity index is 1.60. The van der Waals surface area contributed by atoms with Crippen molar-refractivity contribution < 1.29 is 29.0 Å². The zero-order valence-corrected chi connectivity index (χ0v) is 24.6. The summed E-state index contributed by atoms with van der Waals surface area (Å²) in [5, 5.41) is 25.5. The molecule has 214 valence electrons. The van der Waals surface area contributed by atoms with Crippen LogP contribution < -0.4 is 20.9 Å². The van der Waals surface area contributed by atoms with Crippen LogP contribution >= 0.6 is 0 Å². The minimum absolute atomic E-state index is 0.0978. The van der Waals surface area contributed by atoms with Crippen LogP contribution in [0.5, 0.6) is 0 Å². The zero-order valence-electron chi connectivity index (χ0n) is 24.6. The first-order valence-electron chi connectivity index (χ1n) is 14.6. The molecule has 0 amide bonds. The quantitative estimate of drug-likeness (QED) is 0.445. The SMILES string of the molecule is C=Cc1c(C)c2n3c1C=c1c(C)c(C=C)c4n1[C@@]31[N+]3=C(C=4)C(C)=C(CCC(=O)[O-])C3=CC3=[N+]1C(=C2)C(C)=C3CCC(=O)[O-]. The molecule has 0 N–H and O–H groups in total. The molecule has 0 unspecified atom stereocenters. The van der Waals surface area contributed by atoms with E-state index in [2.05, 4.69) is 83.4 Å². The highest BCUT2D eigenvalue weighted by Gasteiger charge is 2.72. The third kappa shape index (κ3) is 2.73. The lowest BCUT2D eigenvalue weighted by atomic mass is 9.96. The lowest BCUT2D eigenvalue weighted by Gasteiger charge is -2.38. The number of carboxylic acids is 2. The van der Waals surface area contributed by atoms with Crippen LogP contribution in [0.4, 0.5) is 0 Å². The van der Waals surface area contributed by atoms with E-state index in [-0.39, 0.29) is 12.8 Å². The normalized spacial score (nSPS) is 21.4. The molecule has 0 saturated heterocycles. The Morgan fingerprint density at radius 1 is 0.744 bits per heavy atom. The van der Waals surface area contributed by atoms with Gasteiger partial charge in [0.2, 0.25) is 22.8 Å². The van der Waals surface area contributed by atoms with Crippen molar-refractivity contribution in [1.29, 1.82) is 0 Å². The largest absolute Gasteiger partial charge is 0.553 e. The van der Waals surface area contributed by atoms with Crippen molar-refractivity contribution in [2.45, 2.75) is 59.3 Å². The summed E-state index contributed by atoms with van der Waals surface area (Å²) >= 11 is 0. The van der Waals surface area contributed by atoms with Gasteiger partial charge in [0.15, 0.2) is 0 Å². The highest BCUT2D eigenvalue weighted by Crippen LogP contribution is 2.51. The van der Waals surface area contributed by atoms with Gasteiger partial charge in [0.25, 0.3) is 0 Å². The third-order valence-electron chi connectivity index (χ3n) is 10.2. The molecule has 43 heavy (non-hydrogen) atoms. The van der Waals surface area contributed by atoms with Crippen LogP contribution in [-0.2, 0) is 15.5 Å². The lowest BCUT2D eigenvalue weighted by Crippen LogP contribution is -2.70. The second-order valence-corrected chi connectivity index (χ2v) is 12.0. The van der Waals surface area contributed by atoms with Crippen LogP contribution in [0.2, 0.25) is 0 Å². The summed E-state index contributed by atoms with van der Waals surface area (Å²) in [5.74, 6) is -3.14. The molecule has 8 heterocycles. The van der Waals surface area contributed by atoms with Gasteiger partial charge in [0.1, 0.15) is 0 Å². The fraction of sp³-hybridized carbons (Fsp3) is 0.257. The van der Waals surface area contributed by atoms with Crippen LogP contribution in [0.25, 0.3) is 30.4 Å². The summed E-state index contributed by atoms with van der Waals surface area (Å²) in [4.78, 5) is 23.4. The van der Waals surface area contributed by atoms with Crippen molar-refractivity contribution in [3.05, 3.63) is 97.3 Å². The Morgan fingerprint density at radius 2 is 1.40 bits per heavy atom. The Hall–Kier alpha value is -4.98. The van der Waals surface area contributed by atoms with E-state index in [1.807, 2.05) is 12.2 Å². The number of carbonyl (C=O) groups is 2. The Bertz CT molecular complexity index is 2200. The Morgan fingerprint density at radius 3 is 2.05 bits per heavy atom. The number of aliphatic carboxylic acids is 2. The summed E-state index contributed by atoms with van der Waals surface area (Å²) in [6, 6.07) is 0. The standard InChI is InChI=1S/C35H30N4O4/c1-7-21-17(3)25-13-26-19(5)23(9-11-33(40)41)31-16-32-24(10-12-34(42)43)20(6)28-15-30-22(8-2)18(4)27-14-29(21)36(25)35(37(27)30,38(26)31)39(28)32/h7-8,13-16H,1-2,9-12H2,3-6H3/t35-/m0/s1. The number of rotatable bonds is 8. The van der Waals surface area contributed by atoms with Gasteiger partial charge in [-0.3, -0.25) is 0 Å². The van der Waals surface area contributed by atoms with Gasteiger partial charge in [-0.2, -0.15) is 9.13 Å². The van der Waals surface area contributed by atoms with E-state index < -0.39 is 17.8 Å². The molecule has 1 spiro atoms. The molecule has 1 atom stereocenters. The monoisotopic (exact) mass is 570 g/mol. The molecule has 0 aliphatic carbocycles. The molecule has 8 nitrogen and oxygen atoms in total. The van der Waals surface area contributed by atoms with Crippen molar-refractivity contribution in [1.82, 2.24) is 9.13 Å². The highest BCUT2D eigenvalue weighted by molar-refractivity contribution is 6.20. The lowest BCUT2D eigenvalue weighted by molar-refractivity contribution is -0.837. The molecular weight excluding hydrogens is 540 g/mol. The maximum absolute atomic E-state index is 11.7. The van der Waals surface area contributed by atoms with Gasteiger partial charge >= 0.3 is 5.91 Å². The van der Waals surface area contributed by atoms with E-state index in [1.165, 1.54) is 0 Å². The maximum atomic E-state index is 11.7. The first-order chi connectivity index (χ1) is 20.6. The van der Waals surface area contributed by atoms with Crippen LogP contribution in [0.1, 0.15) is 73.2 Å². The van der Waals surface area contributed by atoms with Crippen molar-refractivity contribution >= 4 is 53.7 Å². The van der Waals surface area contributed by atoms with Crippen LogP contribution in [-0.4, -0.2) is 41.6 Å². The summed E-state index contributed by atoms with van der Waals surface area (Å²) in [6.45, 7) is 16.8. The summed E-state index contributed by atoms with van der Waals surface area (Å²) < 4.78 is 9.48. The summed E-state index contributed by atoms with van der Waals surface area (Å²) in [5.41, 5.74) is 14.2. The molecular formula is C35H30N4O4. The minimum atomic E-state index is -1.09. The molecule has 2 aromatic heterocycles. The second kappa shape index (κ2) is 8.10. The van der Waals surface area contributed by atoms with Gasteiger partial charge in [0.05, 0.1) is 28.2 Å². The predicted molar refractivity (Wildman–Crippen MR) is 160 cm³/mol. The Kier molecular flexibility index (Phi) is 4.84. The molecule has 0 radical (unpaired) electrons. The summed E-state index contributed by atoms with van der Waals surface area (Å²) in [6.07, 6.45) is 13.1. The van der Waals surface area contributed by atoms with Crippen LogP contribution in [0.3, 0.4) is 0 Å². The zero-order chi connectivity index (χ0) is 30.3. The van der Waals surface area contributed by atoms with Crippen molar-refractivity contribution in [2.75, 3.05) is 0 Å². The molecule has 6 aliphatic rings. The number of carbonyl (C=O) groups excluding carboxylic acids is 2. The van der Waals surface area contributed by atoms with Gasteiger partial charge in [-0.15, -0.1) is 0 Å². The van der Waals surface area contributed by atoms with E-state index in [0.717, 1.165) is 89.4 Å². The minimum Gasteiger partial charge on any atom is -0.550 e. The second-order valence-electron chi connectivity index (χ2n) is 12.0. The molecule has 6 aliphatic heterocycles. The number of hydrogen-bond donors (Lipinski definition) is 0. The van der Waals surface area contributed by atoms with E-state index >= 15 is 0 Å². The van der Waals surface area contributed by atoms with E-state index in [0.29, 0.717) is 12.8 Å². The number of aromatic nitrogens is 2. The Labute approximate surface area is 248 Å². The average molecular weight is 571 g/mol. The first-order valence-corrected chi connectivity index (χ1v) is 14.6. The molecule has 0 bridgehead atoms. The van der Waals surface area contributed by atoms with Gasteiger partial charge in [0, 0.05) is 57.5 Å². The molecule has 2 aromatic rings. The number of carboxylic acid groups (broad SMARTS) is 2. The molecule has 0 aromatic carbocycles. The molecule has 8 rings (SSSR count). The first kappa shape index (κ1) is 25.7. The predicted octanol–water partition coefficient (Wildman–Crippen LogP) is 1.12. The topological polar surface area (TPSA) is 96.1 Å². The van der Waals surface area contributed by atoms with Gasteiger partial charge in [-0.1, -0.05) is 34.5 Å². The van der Waals surface area contributed by atoms with Crippen molar-refractivity contribution in [3.8, 4) is 0 Å². The third-order valence-corrected chi connectivity index (χ3v) is 10.2. The van der Waals surface area contributed by atoms with E-state index in [9.17, 15) is 19.8 Å². The van der Waals surface area contributed by atoms with E-state index in [1.54, 1.807) is 0 Å².